The topological polar surface area (TPSA) is 41.1 Å². The van der Waals surface area contributed by atoms with Crippen LogP contribution in [0.3, 0.4) is 0 Å². The van der Waals surface area contributed by atoms with Crippen LogP contribution in [-0.2, 0) is 4.79 Å². The average Bonchev–Trinajstić information content (AvgIpc) is 2.43. The largest absolute Gasteiger partial charge is 0.325 e. The molecular weight excluding hydrogens is 280 g/mol. The Hall–Kier alpha value is -0.710. The number of carbonyl (C=O) groups excluding carboxylic acids is 1. The number of amides is 1. The number of thioether (sulfide) groups is 1. The number of nitrogens with one attached hydrogen (secondary N) is 2. The molecule has 0 radical (unpaired) electrons. The minimum atomic E-state index is 0.0519. The minimum absolute atomic E-state index is 0.0519. The highest BCUT2D eigenvalue weighted by molar-refractivity contribution is 7.99. The predicted molar refractivity (Wildman–Crippen MR) is 83.0 cm³/mol. The van der Waals surface area contributed by atoms with Gasteiger partial charge >= 0.3 is 0 Å². The molecule has 1 aliphatic rings. The fourth-order valence-corrected chi connectivity index (χ4v) is 3.23. The third-order valence-corrected chi connectivity index (χ3v) is 4.54. The molecule has 0 aromatic heterocycles. The van der Waals surface area contributed by atoms with Crippen molar-refractivity contribution in [3.8, 4) is 0 Å². The predicted octanol–water partition coefficient (Wildman–Crippen LogP) is 3.01. The van der Waals surface area contributed by atoms with Crippen LogP contribution in [0.5, 0.6) is 0 Å². The lowest BCUT2D eigenvalue weighted by Gasteiger charge is -2.22. The number of benzene rings is 1. The van der Waals surface area contributed by atoms with E-state index in [0.29, 0.717) is 16.7 Å². The van der Waals surface area contributed by atoms with E-state index in [9.17, 15) is 4.79 Å². The molecule has 5 heteroatoms. The van der Waals surface area contributed by atoms with Crippen LogP contribution in [-0.4, -0.2) is 30.5 Å². The second-order valence-corrected chi connectivity index (χ2v) is 6.25. The quantitative estimate of drug-likeness (QED) is 0.878. The monoisotopic (exact) mass is 298 g/mol. The van der Waals surface area contributed by atoms with Gasteiger partial charge in [-0.2, -0.15) is 11.8 Å². The van der Waals surface area contributed by atoms with Crippen molar-refractivity contribution in [3.05, 3.63) is 29.3 Å². The molecule has 2 N–H and O–H groups in total. The van der Waals surface area contributed by atoms with Gasteiger partial charge in [0.1, 0.15) is 0 Å². The zero-order valence-electron chi connectivity index (χ0n) is 10.8. The first-order valence-electron chi connectivity index (χ1n) is 6.58. The summed E-state index contributed by atoms with van der Waals surface area (Å²) in [6.45, 7) is 2.23. The Morgan fingerprint density at radius 1 is 1.42 bits per heavy atom. The minimum Gasteiger partial charge on any atom is -0.325 e. The number of hydrogen-bond acceptors (Lipinski definition) is 3. The van der Waals surface area contributed by atoms with E-state index in [4.69, 9.17) is 11.6 Å². The summed E-state index contributed by atoms with van der Waals surface area (Å²) in [5, 5.41) is 6.94. The molecule has 1 aromatic rings. The summed E-state index contributed by atoms with van der Waals surface area (Å²) in [6.07, 6.45) is 2.53. The van der Waals surface area contributed by atoms with Crippen LogP contribution in [0.4, 0.5) is 5.69 Å². The Kier molecular flexibility index (Phi) is 6.01. The van der Waals surface area contributed by atoms with Gasteiger partial charge in [-0.15, -0.1) is 0 Å². The lowest BCUT2D eigenvalue weighted by molar-refractivity contribution is -0.113. The molecule has 104 valence electrons. The number of piperidine rings is 1. The first-order chi connectivity index (χ1) is 9.24. The smallest absolute Gasteiger partial charge is 0.234 e. The van der Waals surface area contributed by atoms with E-state index in [1.54, 1.807) is 23.9 Å². The highest BCUT2D eigenvalue weighted by Crippen LogP contribution is 2.17. The maximum atomic E-state index is 11.8. The number of anilines is 1. The molecule has 1 aliphatic heterocycles. The first kappa shape index (κ1) is 14.7. The normalized spacial score (nSPS) is 19.1. The van der Waals surface area contributed by atoms with Crippen molar-refractivity contribution in [1.82, 2.24) is 5.32 Å². The SMILES string of the molecule is O=C(CSCC1CCCNC1)Nc1ccc(Cl)cc1. The molecule has 1 atom stereocenters. The molecule has 1 amide bonds. The fraction of sp³-hybridized carbons (Fsp3) is 0.500. The van der Waals surface area contributed by atoms with Crippen LogP contribution >= 0.6 is 23.4 Å². The zero-order valence-corrected chi connectivity index (χ0v) is 12.4. The first-order valence-corrected chi connectivity index (χ1v) is 8.11. The summed E-state index contributed by atoms with van der Waals surface area (Å²) < 4.78 is 0. The molecule has 1 saturated heterocycles. The van der Waals surface area contributed by atoms with Crippen molar-refractivity contribution in [2.75, 3.05) is 29.9 Å². The second kappa shape index (κ2) is 7.78. The van der Waals surface area contributed by atoms with Crippen LogP contribution in [0.25, 0.3) is 0 Å². The fourth-order valence-electron chi connectivity index (χ4n) is 2.11. The molecule has 0 aliphatic carbocycles. The van der Waals surface area contributed by atoms with Gasteiger partial charge in [-0.05, 0) is 61.9 Å². The molecule has 0 spiro atoms. The van der Waals surface area contributed by atoms with Gasteiger partial charge in [-0.3, -0.25) is 4.79 Å². The van der Waals surface area contributed by atoms with Gasteiger partial charge < -0.3 is 10.6 Å². The maximum absolute atomic E-state index is 11.8. The van der Waals surface area contributed by atoms with E-state index < -0.39 is 0 Å². The van der Waals surface area contributed by atoms with Gasteiger partial charge in [0.15, 0.2) is 0 Å². The van der Waals surface area contributed by atoms with Crippen molar-refractivity contribution in [2.24, 2.45) is 5.92 Å². The van der Waals surface area contributed by atoms with Gasteiger partial charge in [0.05, 0.1) is 5.75 Å². The van der Waals surface area contributed by atoms with E-state index in [-0.39, 0.29) is 5.91 Å². The Morgan fingerprint density at radius 2 is 2.21 bits per heavy atom. The molecule has 19 heavy (non-hydrogen) atoms. The molecule has 1 unspecified atom stereocenters. The van der Waals surface area contributed by atoms with Crippen molar-refractivity contribution in [2.45, 2.75) is 12.8 Å². The Labute approximate surface area is 123 Å². The van der Waals surface area contributed by atoms with Gasteiger partial charge in [0.2, 0.25) is 5.91 Å². The lowest BCUT2D eigenvalue weighted by Crippen LogP contribution is -2.31. The third kappa shape index (κ3) is 5.43. The number of hydrogen-bond donors (Lipinski definition) is 2. The zero-order chi connectivity index (χ0) is 13.5. The van der Waals surface area contributed by atoms with Crippen molar-refractivity contribution < 1.29 is 4.79 Å². The van der Waals surface area contributed by atoms with E-state index >= 15 is 0 Å². The van der Waals surface area contributed by atoms with Gasteiger partial charge in [0, 0.05) is 10.7 Å². The van der Waals surface area contributed by atoms with Crippen LogP contribution in [0.2, 0.25) is 5.02 Å². The van der Waals surface area contributed by atoms with E-state index in [1.165, 1.54) is 12.8 Å². The van der Waals surface area contributed by atoms with E-state index in [1.807, 2.05) is 12.1 Å². The molecule has 2 rings (SSSR count). The molecule has 1 heterocycles. The lowest BCUT2D eigenvalue weighted by atomic mass is 10.0. The summed E-state index contributed by atoms with van der Waals surface area (Å²) in [7, 11) is 0. The Bertz CT molecular complexity index is 404. The molecule has 0 saturated carbocycles. The molecule has 3 nitrogen and oxygen atoms in total. The van der Waals surface area contributed by atoms with E-state index in [2.05, 4.69) is 10.6 Å². The summed E-state index contributed by atoms with van der Waals surface area (Å²) in [4.78, 5) is 11.8. The van der Waals surface area contributed by atoms with Crippen LogP contribution in [0.15, 0.2) is 24.3 Å². The van der Waals surface area contributed by atoms with Crippen molar-refractivity contribution in [3.63, 3.8) is 0 Å². The third-order valence-electron chi connectivity index (χ3n) is 3.11. The van der Waals surface area contributed by atoms with Gasteiger partial charge in [-0.25, -0.2) is 0 Å². The number of halogens is 1. The van der Waals surface area contributed by atoms with Crippen molar-refractivity contribution >= 4 is 35.0 Å². The van der Waals surface area contributed by atoms with Crippen LogP contribution < -0.4 is 10.6 Å². The number of rotatable bonds is 5. The Morgan fingerprint density at radius 3 is 2.89 bits per heavy atom. The van der Waals surface area contributed by atoms with Gasteiger partial charge in [-0.1, -0.05) is 11.6 Å². The standard InChI is InChI=1S/C14H19ClN2OS/c15-12-3-5-13(6-4-12)17-14(18)10-19-9-11-2-1-7-16-8-11/h3-6,11,16H,1-2,7-10H2,(H,17,18). The Balaban J connectivity index is 1.65. The van der Waals surface area contributed by atoms with Gasteiger partial charge in [0.25, 0.3) is 0 Å². The summed E-state index contributed by atoms with van der Waals surface area (Å²) in [5.41, 5.74) is 0.800. The summed E-state index contributed by atoms with van der Waals surface area (Å²) >= 11 is 7.51. The highest BCUT2D eigenvalue weighted by atomic mass is 35.5. The number of carbonyl (C=O) groups is 1. The van der Waals surface area contributed by atoms with Crippen molar-refractivity contribution in [1.29, 1.82) is 0 Å². The van der Waals surface area contributed by atoms with Crippen LogP contribution in [0.1, 0.15) is 12.8 Å². The maximum Gasteiger partial charge on any atom is 0.234 e. The molecule has 0 bridgehead atoms. The molecule has 1 fully saturated rings. The summed E-state index contributed by atoms with van der Waals surface area (Å²) in [6, 6.07) is 7.18. The second-order valence-electron chi connectivity index (χ2n) is 4.78. The molecular formula is C14H19ClN2OS. The molecule has 1 aromatic carbocycles. The summed E-state index contributed by atoms with van der Waals surface area (Å²) in [5.74, 6) is 2.33. The van der Waals surface area contributed by atoms with E-state index in [0.717, 1.165) is 24.5 Å². The highest BCUT2D eigenvalue weighted by Gasteiger charge is 2.13. The van der Waals surface area contributed by atoms with Crippen LogP contribution in [0, 0.1) is 5.92 Å². The average molecular weight is 299 g/mol.